The van der Waals surface area contributed by atoms with Crippen LogP contribution < -0.4 is 10.6 Å². The summed E-state index contributed by atoms with van der Waals surface area (Å²) in [4.78, 5) is 24.3. The fraction of sp³-hybridized carbons (Fsp3) is 0.0588. The highest BCUT2D eigenvalue weighted by molar-refractivity contribution is 6.35. The van der Waals surface area contributed by atoms with Gasteiger partial charge in [0.25, 0.3) is 5.91 Å². The van der Waals surface area contributed by atoms with Gasteiger partial charge in [0.1, 0.15) is 11.5 Å². The van der Waals surface area contributed by atoms with E-state index in [0.717, 1.165) is 5.56 Å². The zero-order valence-corrected chi connectivity index (χ0v) is 14.4. The Kier molecular flexibility index (Phi) is 5.42. The number of carbonyl (C=O) groups excluding carboxylic acids is 1. The Morgan fingerprint density at radius 3 is 2.56 bits per heavy atom. The van der Waals surface area contributed by atoms with Gasteiger partial charge in [0.05, 0.1) is 23.1 Å². The maximum Gasteiger partial charge on any atom is 0.271 e. The average Bonchev–Trinajstić information content (AvgIpc) is 2.64. The number of hydrogen-bond acceptors (Lipinski definition) is 5. The maximum atomic E-state index is 12.1. The molecule has 2 heterocycles. The van der Waals surface area contributed by atoms with E-state index < -0.39 is 0 Å². The van der Waals surface area contributed by atoms with Crippen molar-refractivity contribution in [2.24, 2.45) is 0 Å². The Bertz CT molecular complexity index is 872. The van der Waals surface area contributed by atoms with Gasteiger partial charge in [0.15, 0.2) is 0 Å². The molecule has 8 heteroatoms. The Morgan fingerprint density at radius 2 is 1.84 bits per heavy atom. The number of benzene rings is 1. The fourth-order valence-corrected chi connectivity index (χ4v) is 2.35. The van der Waals surface area contributed by atoms with Gasteiger partial charge in [0.2, 0.25) is 0 Å². The van der Waals surface area contributed by atoms with Crippen LogP contribution in [-0.4, -0.2) is 20.9 Å². The van der Waals surface area contributed by atoms with Gasteiger partial charge in [-0.15, -0.1) is 0 Å². The van der Waals surface area contributed by atoms with E-state index in [4.69, 9.17) is 23.2 Å². The molecule has 6 nitrogen and oxygen atoms in total. The van der Waals surface area contributed by atoms with Gasteiger partial charge in [-0.3, -0.25) is 9.78 Å². The number of halogens is 2. The van der Waals surface area contributed by atoms with Gasteiger partial charge in [-0.05, 0) is 35.9 Å². The number of pyridine rings is 1. The van der Waals surface area contributed by atoms with E-state index in [2.05, 4.69) is 25.6 Å². The molecule has 0 atom stereocenters. The lowest BCUT2D eigenvalue weighted by molar-refractivity contribution is 0.0945. The minimum absolute atomic E-state index is 0.219. The number of hydrogen-bond donors (Lipinski definition) is 2. The van der Waals surface area contributed by atoms with Crippen molar-refractivity contribution >= 4 is 40.6 Å². The molecule has 3 aromatic rings. The van der Waals surface area contributed by atoms with Crippen molar-refractivity contribution in [1.82, 2.24) is 20.3 Å². The molecule has 0 saturated heterocycles. The zero-order chi connectivity index (χ0) is 17.6. The summed E-state index contributed by atoms with van der Waals surface area (Å²) < 4.78 is 0. The van der Waals surface area contributed by atoms with Crippen LogP contribution in [0.3, 0.4) is 0 Å². The summed E-state index contributed by atoms with van der Waals surface area (Å²) in [5, 5.41) is 6.83. The third-order valence-electron chi connectivity index (χ3n) is 3.28. The summed E-state index contributed by atoms with van der Waals surface area (Å²) in [6, 6.07) is 8.71. The Morgan fingerprint density at radius 1 is 1.04 bits per heavy atom. The highest BCUT2D eigenvalue weighted by atomic mass is 35.5. The number of amides is 1. The quantitative estimate of drug-likeness (QED) is 0.709. The highest BCUT2D eigenvalue weighted by Crippen LogP contribution is 2.27. The first-order valence-electron chi connectivity index (χ1n) is 7.33. The number of aromatic nitrogens is 3. The molecule has 0 radical (unpaired) electrons. The Hall–Kier alpha value is -2.70. The van der Waals surface area contributed by atoms with Crippen molar-refractivity contribution in [3.63, 3.8) is 0 Å². The normalized spacial score (nSPS) is 10.3. The van der Waals surface area contributed by atoms with Crippen LogP contribution in [0.2, 0.25) is 10.0 Å². The average molecular weight is 374 g/mol. The van der Waals surface area contributed by atoms with Crippen LogP contribution in [0, 0.1) is 0 Å². The minimum Gasteiger partial charge on any atom is -0.347 e. The smallest absolute Gasteiger partial charge is 0.271 e. The first-order chi connectivity index (χ1) is 12.1. The van der Waals surface area contributed by atoms with Crippen LogP contribution in [0.15, 0.2) is 55.1 Å². The molecule has 0 spiro atoms. The van der Waals surface area contributed by atoms with Crippen LogP contribution in [0.1, 0.15) is 16.1 Å². The van der Waals surface area contributed by atoms with Crippen molar-refractivity contribution in [2.45, 2.75) is 6.54 Å². The van der Waals surface area contributed by atoms with Crippen LogP contribution in [0.4, 0.5) is 11.5 Å². The van der Waals surface area contributed by atoms with Crippen molar-refractivity contribution in [2.75, 3.05) is 5.32 Å². The predicted octanol–water partition coefficient (Wildman–Crippen LogP) is 3.85. The van der Waals surface area contributed by atoms with Crippen molar-refractivity contribution in [1.29, 1.82) is 0 Å². The second-order valence-electron chi connectivity index (χ2n) is 5.07. The predicted molar refractivity (Wildman–Crippen MR) is 97.2 cm³/mol. The molecule has 25 heavy (non-hydrogen) atoms. The van der Waals surface area contributed by atoms with E-state index in [0.29, 0.717) is 28.1 Å². The van der Waals surface area contributed by atoms with E-state index >= 15 is 0 Å². The van der Waals surface area contributed by atoms with Crippen LogP contribution >= 0.6 is 23.2 Å². The molecule has 2 N–H and O–H groups in total. The van der Waals surface area contributed by atoms with Gasteiger partial charge in [-0.25, -0.2) is 9.97 Å². The molecule has 0 aliphatic heterocycles. The van der Waals surface area contributed by atoms with E-state index in [-0.39, 0.29) is 11.6 Å². The highest BCUT2D eigenvalue weighted by Gasteiger charge is 2.09. The Labute approximate surface area is 154 Å². The topological polar surface area (TPSA) is 79.8 Å². The number of nitrogens with one attached hydrogen (secondary N) is 2. The summed E-state index contributed by atoms with van der Waals surface area (Å²) >= 11 is 12.0. The molecular formula is C17H13Cl2N5O. The lowest BCUT2D eigenvalue weighted by atomic mass is 10.2. The van der Waals surface area contributed by atoms with E-state index in [1.807, 2.05) is 12.1 Å². The summed E-state index contributed by atoms with van der Waals surface area (Å²) in [6.45, 7) is 0.390. The third-order valence-corrected chi connectivity index (χ3v) is 3.84. The molecule has 126 valence electrons. The van der Waals surface area contributed by atoms with Crippen LogP contribution in [-0.2, 0) is 6.54 Å². The number of carbonyl (C=O) groups is 1. The molecule has 0 bridgehead atoms. The largest absolute Gasteiger partial charge is 0.347 e. The molecule has 1 aromatic carbocycles. The van der Waals surface area contributed by atoms with Crippen LogP contribution in [0.5, 0.6) is 0 Å². The van der Waals surface area contributed by atoms with Crippen molar-refractivity contribution < 1.29 is 4.79 Å². The molecule has 0 fully saturated rings. The summed E-state index contributed by atoms with van der Waals surface area (Å²) in [5.41, 5.74) is 1.78. The zero-order valence-electron chi connectivity index (χ0n) is 12.9. The SMILES string of the molecule is O=C(NCc1ccncc1)c1cnc(Nc2cc(Cl)ccc2Cl)cn1. The van der Waals surface area contributed by atoms with E-state index in [9.17, 15) is 4.79 Å². The van der Waals surface area contributed by atoms with Gasteiger partial charge in [-0.1, -0.05) is 23.2 Å². The van der Waals surface area contributed by atoms with E-state index in [1.54, 1.807) is 30.6 Å². The molecule has 3 rings (SSSR count). The van der Waals surface area contributed by atoms with E-state index in [1.165, 1.54) is 12.4 Å². The second-order valence-corrected chi connectivity index (χ2v) is 5.92. The Balaban J connectivity index is 1.63. The second kappa shape index (κ2) is 7.92. The van der Waals surface area contributed by atoms with Crippen molar-refractivity contribution in [3.8, 4) is 0 Å². The number of nitrogens with zero attached hydrogens (tertiary/aromatic N) is 3. The summed E-state index contributed by atoms with van der Waals surface area (Å²) in [5.74, 6) is 0.145. The minimum atomic E-state index is -0.309. The fourth-order valence-electron chi connectivity index (χ4n) is 2.01. The van der Waals surface area contributed by atoms with Gasteiger partial charge in [0, 0.05) is 24.0 Å². The summed E-state index contributed by atoms with van der Waals surface area (Å²) in [7, 11) is 0. The summed E-state index contributed by atoms with van der Waals surface area (Å²) in [6.07, 6.45) is 6.19. The van der Waals surface area contributed by atoms with Gasteiger partial charge >= 0.3 is 0 Å². The molecule has 0 aliphatic carbocycles. The number of anilines is 2. The molecule has 2 aromatic heterocycles. The molecule has 1 amide bonds. The van der Waals surface area contributed by atoms with Crippen molar-refractivity contribution in [3.05, 3.63) is 76.4 Å². The maximum absolute atomic E-state index is 12.1. The lowest BCUT2D eigenvalue weighted by Crippen LogP contribution is -2.24. The van der Waals surface area contributed by atoms with Gasteiger partial charge < -0.3 is 10.6 Å². The molecule has 0 aliphatic rings. The first kappa shape index (κ1) is 17.1. The third kappa shape index (κ3) is 4.65. The monoisotopic (exact) mass is 373 g/mol. The molecule has 0 unspecified atom stereocenters. The molecule has 0 saturated carbocycles. The lowest BCUT2D eigenvalue weighted by Gasteiger charge is -2.08. The standard InChI is InChI=1S/C17H13Cl2N5O/c18-12-1-2-13(19)14(7-12)24-16-10-21-15(9-22-16)17(25)23-8-11-3-5-20-6-4-11/h1-7,9-10H,8H2,(H,22,24)(H,23,25). The van der Waals surface area contributed by atoms with Crippen LogP contribution in [0.25, 0.3) is 0 Å². The van der Waals surface area contributed by atoms with Gasteiger partial charge in [-0.2, -0.15) is 0 Å². The molecular weight excluding hydrogens is 361 g/mol. The first-order valence-corrected chi connectivity index (χ1v) is 8.08. The number of rotatable bonds is 5.